The molecule has 0 amide bonds. The second-order valence-corrected chi connectivity index (χ2v) is 3.03. The van der Waals surface area contributed by atoms with Crippen LogP contribution in [-0.4, -0.2) is 17.0 Å². The number of aliphatic hydroxyl groups excluding tert-OH is 1. The van der Waals surface area contributed by atoms with Crippen LogP contribution in [0.25, 0.3) is 0 Å². The SMILES string of the molecule is CCC(=O)[C@@H](O)Cc1ccccc1. The van der Waals surface area contributed by atoms with Crippen molar-refractivity contribution in [1.82, 2.24) is 0 Å². The first-order chi connectivity index (χ1) is 6.24. The molecule has 2 heteroatoms. The average Bonchev–Trinajstić information content (AvgIpc) is 2.18. The molecule has 0 unspecified atom stereocenters. The molecule has 13 heavy (non-hydrogen) atoms. The van der Waals surface area contributed by atoms with Gasteiger partial charge in [-0.2, -0.15) is 0 Å². The maximum atomic E-state index is 11.1. The van der Waals surface area contributed by atoms with Crippen molar-refractivity contribution >= 4 is 5.78 Å². The summed E-state index contributed by atoms with van der Waals surface area (Å²) in [6.45, 7) is 1.76. The third-order valence-corrected chi connectivity index (χ3v) is 1.99. The van der Waals surface area contributed by atoms with Gasteiger partial charge in [0.1, 0.15) is 6.10 Å². The fourth-order valence-corrected chi connectivity index (χ4v) is 1.19. The molecule has 0 bridgehead atoms. The van der Waals surface area contributed by atoms with Crippen molar-refractivity contribution in [2.45, 2.75) is 25.9 Å². The van der Waals surface area contributed by atoms with Crippen molar-refractivity contribution in [3.05, 3.63) is 35.9 Å². The Morgan fingerprint density at radius 2 is 2.00 bits per heavy atom. The summed E-state index contributed by atoms with van der Waals surface area (Å²) in [4.78, 5) is 11.1. The molecule has 1 atom stereocenters. The maximum absolute atomic E-state index is 11.1. The van der Waals surface area contributed by atoms with Gasteiger partial charge in [-0.1, -0.05) is 37.3 Å². The summed E-state index contributed by atoms with van der Waals surface area (Å²) in [5, 5.41) is 9.42. The van der Waals surface area contributed by atoms with E-state index in [-0.39, 0.29) is 5.78 Å². The van der Waals surface area contributed by atoms with E-state index in [0.29, 0.717) is 12.8 Å². The first-order valence-corrected chi connectivity index (χ1v) is 4.48. The molecule has 0 fully saturated rings. The van der Waals surface area contributed by atoms with Crippen LogP contribution < -0.4 is 0 Å². The number of ketones is 1. The second-order valence-electron chi connectivity index (χ2n) is 3.03. The van der Waals surface area contributed by atoms with Crippen molar-refractivity contribution in [1.29, 1.82) is 0 Å². The zero-order chi connectivity index (χ0) is 9.68. The fraction of sp³-hybridized carbons (Fsp3) is 0.364. The summed E-state index contributed by atoms with van der Waals surface area (Å²) in [5.41, 5.74) is 0.997. The monoisotopic (exact) mass is 178 g/mol. The van der Waals surface area contributed by atoms with Crippen LogP contribution >= 0.6 is 0 Å². The van der Waals surface area contributed by atoms with Crippen molar-refractivity contribution in [3.8, 4) is 0 Å². The summed E-state index contributed by atoms with van der Waals surface area (Å²) in [5.74, 6) is -0.0937. The molecule has 0 aliphatic carbocycles. The number of hydrogen-bond acceptors (Lipinski definition) is 2. The van der Waals surface area contributed by atoms with Crippen molar-refractivity contribution < 1.29 is 9.90 Å². The molecule has 0 spiro atoms. The lowest BCUT2D eigenvalue weighted by atomic mass is 10.0. The van der Waals surface area contributed by atoms with Crippen molar-refractivity contribution in [2.75, 3.05) is 0 Å². The van der Waals surface area contributed by atoms with Crippen LogP contribution in [0.5, 0.6) is 0 Å². The zero-order valence-electron chi connectivity index (χ0n) is 7.73. The number of carbonyl (C=O) groups is 1. The molecule has 0 saturated carbocycles. The molecular weight excluding hydrogens is 164 g/mol. The summed E-state index contributed by atoms with van der Waals surface area (Å²) in [7, 11) is 0. The Hall–Kier alpha value is -1.15. The molecule has 1 rings (SSSR count). The molecule has 0 saturated heterocycles. The number of rotatable bonds is 4. The summed E-state index contributed by atoms with van der Waals surface area (Å²) in [6.07, 6.45) is -0.0194. The molecule has 1 N–H and O–H groups in total. The lowest BCUT2D eigenvalue weighted by Gasteiger charge is -2.07. The minimum absolute atomic E-state index is 0.0937. The summed E-state index contributed by atoms with van der Waals surface area (Å²) < 4.78 is 0. The number of carbonyl (C=O) groups excluding carboxylic acids is 1. The Labute approximate surface area is 78.2 Å². The minimum atomic E-state index is -0.840. The van der Waals surface area contributed by atoms with E-state index in [1.165, 1.54) is 0 Å². The van der Waals surface area contributed by atoms with Gasteiger partial charge in [-0.05, 0) is 5.56 Å². The highest BCUT2D eigenvalue weighted by Gasteiger charge is 2.12. The van der Waals surface area contributed by atoms with E-state index in [0.717, 1.165) is 5.56 Å². The van der Waals surface area contributed by atoms with Gasteiger partial charge in [0.2, 0.25) is 0 Å². The number of aliphatic hydroxyl groups is 1. The molecule has 1 aromatic carbocycles. The molecule has 0 aliphatic rings. The van der Waals surface area contributed by atoms with E-state index in [1.807, 2.05) is 30.3 Å². The highest BCUT2D eigenvalue weighted by molar-refractivity contribution is 5.82. The topological polar surface area (TPSA) is 37.3 Å². The van der Waals surface area contributed by atoms with E-state index >= 15 is 0 Å². The molecule has 70 valence electrons. The molecular formula is C11H14O2. The standard InChI is InChI=1S/C11H14O2/c1-2-10(12)11(13)8-9-6-4-3-5-7-9/h3-7,11,13H,2,8H2,1H3/t11-/m0/s1. The normalized spacial score (nSPS) is 12.5. The van der Waals surface area contributed by atoms with Crippen molar-refractivity contribution in [3.63, 3.8) is 0 Å². The molecule has 0 aromatic heterocycles. The van der Waals surface area contributed by atoms with Crippen LogP contribution in [0.3, 0.4) is 0 Å². The van der Waals surface area contributed by atoms with Crippen LogP contribution in [0.15, 0.2) is 30.3 Å². The van der Waals surface area contributed by atoms with E-state index < -0.39 is 6.10 Å². The largest absolute Gasteiger partial charge is 0.385 e. The van der Waals surface area contributed by atoms with Crippen LogP contribution in [0.2, 0.25) is 0 Å². The molecule has 0 aliphatic heterocycles. The number of Topliss-reactive ketones (excluding diaryl/α,β-unsaturated/α-hetero) is 1. The maximum Gasteiger partial charge on any atom is 0.161 e. The Morgan fingerprint density at radius 3 is 2.54 bits per heavy atom. The van der Waals surface area contributed by atoms with Crippen LogP contribution in [-0.2, 0) is 11.2 Å². The van der Waals surface area contributed by atoms with Gasteiger partial charge < -0.3 is 5.11 Å². The van der Waals surface area contributed by atoms with E-state index in [1.54, 1.807) is 6.92 Å². The highest BCUT2D eigenvalue weighted by Crippen LogP contribution is 2.04. The Balaban J connectivity index is 2.55. The van der Waals surface area contributed by atoms with Gasteiger partial charge in [0, 0.05) is 12.8 Å². The van der Waals surface area contributed by atoms with Gasteiger partial charge in [0.25, 0.3) is 0 Å². The third-order valence-electron chi connectivity index (χ3n) is 1.99. The van der Waals surface area contributed by atoms with Gasteiger partial charge in [-0.15, -0.1) is 0 Å². The van der Waals surface area contributed by atoms with E-state index in [4.69, 9.17) is 0 Å². The highest BCUT2D eigenvalue weighted by atomic mass is 16.3. The smallest absolute Gasteiger partial charge is 0.161 e. The number of hydrogen-bond donors (Lipinski definition) is 1. The number of benzene rings is 1. The van der Waals surface area contributed by atoms with Gasteiger partial charge in [-0.25, -0.2) is 0 Å². The van der Waals surface area contributed by atoms with Crippen LogP contribution in [0, 0.1) is 0 Å². The molecule has 1 aromatic rings. The van der Waals surface area contributed by atoms with Gasteiger partial charge >= 0.3 is 0 Å². The lowest BCUT2D eigenvalue weighted by molar-refractivity contribution is -0.126. The van der Waals surface area contributed by atoms with Crippen LogP contribution in [0.1, 0.15) is 18.9 Å². The molecule has 0 radical (unpaired) electrons. The first-order valence-electron chi connectivity index (χ1n) is 4.48. The van der Waals surface area contributed by atoms with E-state index in [9.17, 15) is 9.90 Å². The fourth-order valence-electron chi connectivity index (χ4n) is 1.19. The second kappa shape index (κ2) is 4.77. The predicted octanol–water partition coefficient (Wildman–Crippen LogP) is 1.57. The Morgan fingerprint density at radius 1 is 1.38 bits per heavy atom. The third kappa shape index (κ3) is 2.99. The first kappa shape index (κ1) is 9.93. The summed E-state index contributed by atoms with van der Waals surface area (Å²) >= 11 is 0. The zero-order valence-corrected chi connectivity index (χ0v) is 7.73. The summed E-state index contributed by atoms with van der Waals surface area (Å²) in [6, 6.07) is 9.53. The lowest BCUT2D eigenvalue weighted by Crippen LogP contribution is -2.21. The van der Waals surface area contributed by atoms with Gasteiger partial charge in [0.15, 0.2) is 5.78 Å². The van der Waals surface area contributed by atoms with Gasteiger partial charge in [-0.3, -0.25) is 4.79 Å². The van der Waals surface area contributed by atoms with Gasteiger partial charge in [0.05, 0.1) is 0 Å². The molecule has 0 heterocycles. The quantitative estimate of drug-likeness (QED) is 0.759. The van der Waals surface area contributed by atoms with Crippen molar-refractivity contribution in [2.24, 2.45) is 0 Å². The Bertz CT molecular complexity index is 267. The molecule has 2 nitrogen and oxygen atoms in total. The van der Waals surface area contributed by atoms with E-state index in [2.05, 4.69) is 0 Å². The Kier molecular flexibility index (Phi) is 3.65. The predicted molar refractivity (Wildman–Crippen MR) is 51.5 cm³/mol. The minimum Gasteiger partial charge on any atom is -0.385 e. The van der Waals surface area contributed by atoms with Crippen LogP contribution in [0.4, 0.5) is 0 Å². The average molecular weight is 178 g/mol.